The molecule has 0 atom stereocenters. The van der Waals surface area contributed by atoms with Crippen LogP contribution in [0.2, 0.25) is 0 Å². The third-order valence-electron chi connectivity index (χ3n) is 8.00. The van der Waals surface area contributed by atoms with Crippen molar-refractivity contribution in [1.82, 2.24) is 0 Å². The van der Waals surface area contributed by atoms with Gasteiger partial charge in [-0.15, -0.1) is 0 Å². The van der Waals surface area contributed by atoms with Crippen molar-refractivity contribution in [2.75, 3.05) is 23.1 Å². The quantitative estimate of drug-likeness (QED) is 0.0378. The number of allylic oxidation sites excluding steroid dienone is 4. The standard InChI is InChI=1S/C28H34N2O12S4.3K/c1-27(2)21-16-19(43-42-41-31)10-12-24(21)30(18-45(35,36)37)26(27)9-7-8-25-28(3,4)22-17-20(46(38,39)40)11-13-23(22)29(25)14-5-6-15-44(32,33)34;;;/h7-13,16-17H,5-6,14-15,18H2,1-4H3,(H3-,31,32,33,34,35,36,37,38,39,40);;;/q;3*+1/p-2. The molecule has 2 aromatic carbocycles. The second-order valence-corrected chi connectivity index (χ2v) is 16.9. The number of hydrogen-bond acceptors (Lipinski definition) is 13. The van der Waals surface area contributed by atoms with Crippen LogP contribution in [0.4, 0.5) is 11.4 Å². The minimum atomic E-state index is -4.76. The molecule has 2 aliphatic heterocycles. The topological polar surface area (TPSA) is 217 Å². The minimum absolute atomic E-state index is 0. The summed E-state index contributed by atoms with van der Waals surface area (Å²) in [4.78, 5) is 1.96. The first kappa shape index (κ1) is 49.3. The summed E-state index contributed by atoms with van der Waals surface area (Å²) in [7, 11) is -13.7. The Balaban J connectivity index is 0.00000400. The van der Waals surface area contributed by atoms with Gasteiger partial charge in [0.1, 0.15) is 10.1 Å². The van der Waals surface area contributed by atoms with Crippen molar-refractivity contribution in [3.05, 3.63) is 71.5 Å². The summed E-state index contributed by atoms with van der Waals surface area (Å²) >= 11 is 0.672. The molecule has 0 spiro atoms. The predicted molar refractivity (Wildman–Crippen MR) is 165 cm³/mol. The number of hydrogen-bond donors (Lipinski definition) is 1. The summed E-state index contributed by atoms with van der Waals surface area (Å²) in [5, 5.41) is 13.7. The summed E-state index contributed by atoms with van der Waals surface area (Å²) in [6.45, 7) is 7.62. The van der Waals surface area contributed by atoms with E-state index in [9.17, 15) is 44.2 Å². The van der Waals surface area contributed by atoms with Crippen molar-refractivity contribution < 1.29 is 212 Å². The molecule has 0 saturated carbocycles. The fraction of sp³-hybridized carbons (Fsp3) is 0.393. The first-order valence-corrected chi connectivity index (χ1v) is 19.1. The van der Waals surface area contributed by atoms with Gasteiger partial charge in [0, 0.05) is 51.7 Å². The van der Waals surface area contributed by atoms with Gasteiger partial charge in [0.25, 0.3) is 5.88 Å². The van der Waals surface area contributed by atoms with Gasteiger partial charge in [-0.2, -0.15) is 17.3 Å². The van der Waals surface area contributed by atoms with Crippen LogP contribution in [0, 0.1) is 0 Å². The van der Waals surface area contributed by atoms with Crippen LogP contribution in [0.5, 0.6) is 0 Å². The van der Waals surface area contributed by atoms with Gasteiger partial charge >= 0.3 is 164 Å². The molecule has 4 rings (SSSR count). The second kappa shape index (κ2) is 19.4. The van der Waals surface area contributed by atoms with Crippen molar-refractivity contribution in [2.45, 2.75) is 61.2 Å². The van der Waals surface area contributed by atoms with E-state index in [1.54, 1.807) is 36.4 Å². The molecular formula is C28H32K3N2O12S4+. The van der Waals surface area contributed by atoms with Crippen LogP contribution >= 0.6 is 12.0 Å². The van der Waals surface area contributed by atoms with Crippen LogP contribution < -0.4 is 164 Å². The Labute approximate surface area is 419 Å². The molecule has 2 heterocycles. The average Bonchev–Trinajstić information content (AvgIpc) is 3.26. The van der Waals surface area contributed by atoms with Crippen molar-refractivity contribution >= 4 is 59.5 Å². The van der Waals surface area contributed by atoms with E-state index in [2.05, 4.69) is 9.37 Å². The van der Waals surface area contributed by atoms with Crippen LogP contribution in [0.25, 0.3) is 0 Å². The van der Waals surface area contributed by atoms with Crippen LogP contribution in [-0.2, 0) is 50.6 Å². The van der Waals surface area contributed by atoms with E-state index in [-0.39, 0.29) is 167 Å². The SMILES string of the molecule is CC1(C)C(/C=C/C=C2/N(CCCCS(=O)(=O)[O-])c3ccc(S(=O)(=O)[O-])cc3C2(C)C)=[N+](CS(=O)(=O)O)c2ccc(SOO[O-])cc21.[K+].[K+].[K+]. The van der Waals surface area contributed by atoms with E-state index in [4.69, 9.17) is 0 Å². The van der Waals surface area contributed by atoms with Gasteiger partial charge in [-0.3, -0.25) is 9.59 Å². The molecule has 0 saturated heterocycles. The normalized spacial score (nSPS) is 17.4. The molecule has 2 aliphatic rings. The number of rotatable bonds is 13. The zero-order valence-electron chi connectivity index (χ0n) is 28.2. The first-order chi connectivity index (χ1) is 21.2. The number of anilines is 1. The van der Waals surface area contributed by atoms with Gasteiger partial charge in [0.2, 0.25) is 5.69 Å². The third kappa shape index (κ3) is 12.4. The fourth-order valence-electron chi connectivity index (χ4n) is 5.89. The average molecular weight is 834 g/mol. The zero-order chi connectivity index (χ0) is 34.3. The molecule has 0 bridgehead atoms. The molecule has 21 heteroatoms. The Kier molecular flexibility index (Phi) is 19.5. The molecule has 0 radical (unpaired) electrons. The summed E-state index contributed by atoms with van der Waals surface area (Å²) in [6.07, 6.45) is 5.50. The molecule has 0 aromatic heterocycles. The van der Waals surface area contributed by atoms with Crippen LogP contribution in [0.1, 0.15) is 51.7 Å². The third-order valence-corrected chi connectivity index (χ3v) is 10.8. The van der Waals surface area contributed by atoms with E-state index >= 15 is 0 Å². The van der Waals surface area contributed by atoms with Crippen molar-refractivity contribution in [1.29, 1.82) is 0 Å². The van der Waals surface area contributed by atoms with E-state index in [0.717, 1.165) is 0 Å². The molecule has 14 nitrogen and oxygen atoms in total. The molecule has 0 aliphatic carbocycles. The predicted octanol–water partition coefficient (Wildman–Crippen LogP) is -6.38. The van der Waals surface area contributed by atoms with E-state index < -0.39 is 57.7 Å². The van der Waals surface area contributed by atoms with Gasteiger partial charge in [-0.25, -0.2) is 16.8 Å². The molecule has 252 valence electrons. The Morgan fingerprint density at radius 3 is 2.14 bits per heavy atom. The second-order valence-electron chi connectivity index (χ2n) is 11.8. The zero-order valence-corrected chi connectivity index (χ0v) is 40.8. The van der Waals surface area contributed by atoms with Gasteiger partial charge in [-0.05, 0) is 68.7 Å². The van der Waals surface area contributed by atoms with Crippen LogP contribution in [0.3, 0.4) is 0 Å². The first-order valence-electron chi connectivity index (χ1n) is 13.7. The van der Waals surface area contributed by atoms with E-state index in [0.29, 0.717) is 57.3 Å². The summed E-state index contributed by atoms with van der Waals surface area (Å²) in [6, 6.07) is 8.95. The van der Waals surface area contributed by atoms with Crippen LogP contribution in [0.15, 0.2) is 70.1 Å². The van der Waals surface area contributed by atoms with Gasteiger partial charge in [-0.1, -0.05) is 19.9 Å². The fourth-order valence-corrected chi connectivity index (χ4v) is 7.95. The maximum Gasteiger partial charge on any atom is 1.00 e. The molecule has 1 N–H and O–H groups in total. The van der Waals surface area contributed by atoms with Crippen molar-refractivity contribution in [3.8, 4) is 0 Å². The Morgan fingerprint density at radius 1 is 0.918 bits per heavy atom. The Morgan fingerprint density at radius 2 is 1.57 bits per heavy atom. The Hall–Kier alpha value is 2.26. The van der Waals surface area contributed by atoms with Crippen molar-refractivity contribution in [2.24, 2.45) is 0 Å². The molecule has 49 heavy (non-hydrogen) atoms. The van der Waals surface area contributed by atoms with Gasteiger partial charge < -0.3 is 19.3 Å². The number of nitrogens with zero attached hydrogens (tertiary/aromatic N) is 2. The molecule has 0 unspecified atom stereocenters. The van der Waals surface area contributed by atoms with Gasteiger partial charge in [0.15, 0.2) is 5.71 Å². The summed E-state index contributed by atoms with van der Waals surface area (Å²) < 4.78 is 109. The van der Waals surface area contributed by atoms with Crippen molar-refractivity contribution in [3.63, 3.8) is 0 Å². The molecule has 0 amide bonds. The molecule has 0 fully saturated rings. The minimum Gasteiger partial charge on any atom is -0.748 e. The molecule has 2 aromatic rings. The number of fused-ring (bicyclic) bond motifs is 2. The maximum absolute atomic E-state index is 12.0. The maximum atomic E-state index is 12.0. The molecular weight excluding hydrogens is 802 g/mol. The smallest absolute Gasteiger partial charge is 0.748 e. The summed E-state index contributed by atoms with van der Waals surface area (Å²) in [5.74, 6) is -1.29. The number of benzene rings is 2. The monoisotopic (exact) mass is 833 g/mol. The number of unbranched alkanes of at least 4 members (excludes halogenated alkanes) is 1. The van der Waals surface area contributed by atoms with Gasteiger partial charge in [0.05, 0.1) is 32.5 Å². The Bertz CT molecular complexity index is 1960. The summed E-state index contributed by atoms with van der Waals surface area (Å²) in [5.41, 5.74) is 1.84. The van der Waals surface area contributed by atoms with E-state index in [1.807, 2.05) is 32.6 Å². The largest absolute Gasteiger partial charge is 1.00 e. The van der Waals surface area contributed by atoms with E-state index in [1.165, 1.54) is 22.8 Å². The van der Waals surface area contributed by atoms with Crippen LogP contribution in [-0.4, -0.2) is 67.4 Å².